The monoisotopic (exact) mass is 373 g/mol. The summed E-state index contributed by atoms with van der Waals surface area (Å²) in [6.45, 7) is 1.61. The quantitative estimate of drug-likeness (QED) is 0.761. The van der Waals surface area contributed by atoms with Crippen molar-refractivity contribution in [3.63, 3.8) is 0 Å². The number of carbonyl (C=O) groups is 1. The van der Waals surface area contributed by atoms with Gasteiger partial charge in [0, 0.05) is 34.9 Å². The number of halogens is 1. The summed E-state index contributed by atoms with van der Waals surface area (Å²) in [7, 11) is -5.09. The molecule has 0 saturated heterocycles. The fourth-order valence-electron chi connectivity index (χ4n) is 1.06. The van der Waals surface area contributed by atoms with E-state index in [2.05, 4.69) is 20.7 Å². The zero-order valence-corrected chi connectivity index (χ0v) is 13.3. The number of hydrogen-bond acceptors (Lipinski definition) is 5. The molecule has 10 heteroatoms. The summed E-state index contributed by atoms with van der Waals surface area (Å²) in [5, 5.41) is 8.35. The third-order valence-electron chi connectivity index (χ3n) is 2.28. The number of sulfonamides is 1. The molecule has 1 aromatic rings. The Labute approximate surface area is 121 Å². The molecule has 108 valence electrons. The van der Waals surface area contributed by atoms with Crippen LogP contribution in [0.5, 0.6) is 0 Å². The first-order valence-corrected chi connectivity index (χ1v) is 8.89. The molecular weight excluding hydrogens is 362 g/mol. The lowest BCUT2D eigenvalue weighted by atomic mass is 10.5. The lowest BCUT2D eigenvalue weighted by Crippen LogP contribution is -2.32. The van der Waals surface area contributed by atoms with Crippen LogP contribution in [0.4, 0.5) is 0 Å². The van der Waals surface area contributed by atoms with E-state index in [0.717, 1.165) is 6.07 Å². The van der Waals surface area contributed by atoms with Gasteiger partial charge in [0.15, 0.2) is 4.67 Å². The average Bonchev–Trinajstić information content (AvgIpc) is 2.69. The molecular formula is C9H12BrNO6S2. The second kappa shape index (κ2) is 6.16. The van der Waals surface area contributed by atoms with E-state index in [9.17, 15) is 17.4 Å². The van der Waals surface area contributed by atoms with Crippen LogP contribution < -0.4 is 4.72 Å². The Kier molecular flexibility index (Phi) is 5.30. The second-order valence-corrected chi connectivity index (χ2v) is 7.97. The standard InChI is InChI=1S/C9H12BrNO6S2/c1-5(18(2)14)4-11-19(15,16)7-3-6(9(12)13)17-8(7)10/h3,5,11H,4H2,1-2H3,(H,12,13). The first kappa shape index (κ1) is 16.3. The van der Waals surface area contributed by atoms with E-state index in [4.69, 9.17) is 9.52 Å². The van der Waals surface area contributed by atoms with Crippen LogP contribution in [0.25, 0.3) is 0 Å². The predicted octanol–water partition coefficient (Wildman–Crippen LogP) is 0.786. The molecule has 0 aliphatic heterocycles. The van der Waals surface area contributed by atoms with Gasteiger partial charge in [-0.3, -0.25) is 4.21 Å². The molecule has 0 bridgehead atoms. The maximum absolute atomic E-state index is 11.9. The zero-order chi connectivity index (χ0) is 14.8. The number of carboxylic acids is 1. The topological polar surface area (TPSA) is 114 Å². The largest absolute Gasteiger partial charge is 0.475 e. The number of rotatable bonds is 6. The van der Waals surface area contributed by atoms with Crippen LogP contribution in [-0.4, -0.2) is 41.8 Å². The van der Waals surface area contributed by atoms with Crippen LogP contribution in [0.15, 0.2) is 20.0 Å². The maximum Gasteiger partial charge on any atom is 0.371 e. The molecule has 2 unspecified atom stereocenters. The Balaban J connectivity index is 2.95. The van der Waals surface area contributed by atoms with Crippen molar-refractivity contribution in [2.24, 2.45) is 0 Å². The van der Waals surface area contributed by atoms with Gasteiger partial charge in [0.05, 0.1) is 0 Å². The summed E-state index contributed by atoms with van der Waals surface area (Å²) < 4.78 is 41.8. The predicted molar refractivity (Wildman–Crippen MR) is 72.1 cm³/mol. The molecule has 0 fully saturated rings. The fourth-order valence-corrected chi connectivity index (χ4v) is 3.55. The Morgan fingerprint density at radius 3 is 2.63 bits per heavy atom. The molecule has 0 aromatic carbocycles. The molecule has 0 spiro atoms. The highest BCUT2D eigenvalue weighted by molar-refractivity contribution is 9.10. The van der Waals surface area contributed by atoms with Crippen LogP contribution in [-0.2, 0) is 20.8 Å². The molecule has 0 aliphatic rings. The van der Waals surface area contributed by atoms with Crippen molar-refractivity contribution in [3.8, 4) is 0 Å². The summed E-state index contributed by atoms with van der Waals surface area (Å²) in [6, 6.07) is 0.905. The Bertz CT molecular complexity index is 608. The van der Waals surface area contributed by atoms with E-state index in [1.165, 1.54) is 6.26 Å². The first-order valence-electron chi connectivity index (χ1n) is 4.99. The van der Waals surface area contributed by atoms with Gasteiger partial charge in [-0.2, -0.15) is 0 Å². The SMILES string of the molecule is CC(CNS(=O)(=O)c1cc(C(=O)O)oc1Br)S(C)=O. The van der Waals surface area contributed by atoms with Gasteiger partial charge in [0.2, 0.25) is 15.8 Å². The van der Waals surface area contributed by atoms with E-state index >= 15 is 0 Å². The summed E-state index contributed by atoms with van der Waals surface area (Å²) in [5.74, 6) is -1.86. The number of carboxylic acid groups (broad SMARTS) is 1. The van der Waals surface area contributed by atoms with Crippen molar-refractivity contribution in [1.82, 2.24) is 4.72 Å². The second-order valence-electron chi connectivity index (χ2n) is 3.71. The highest BCUT2D eigenvalue weighted by Gasteiger charge is 2.25. The number of hydrogen-bond donors (Lipinski definition) is 2. The van der Waals surface area contributed by atoms with E-state index in [1.54, 1.807) is 6.92 Å². The van der Waals surface area contributed by atoms with Gasteiger partial charge in [-0.25, -0.2) is 17.9 Å². The minimum absolute atomic E-state index is 0.0224. The van der Waals surface area contributed by atoms with E-state index in [-0.39, 0.29) is 21.4 Å². The van der Waals surface area contributed by atoms with Gasteiger partial charge in [-0.15, -0.1) is 0 Å². The van der Waals surface area contributed by atoms with Gasteiger partial charge in [0.1, 0.15) is 4.90 Å². The normalized spacial score (nSPS) is 15.1. The maximum atomic E-state index is 11.9. The van der Waals surface area contributed by atoms with Crippen molar-refractivity contribution in [2.75, 3.05) is 12.8 Å². The van der Waals surface area contributed by atoms with Crippen molar-refractivity contribution in [2.45, 2.75) is 17.1 Å². The Morgan fingerprint density at radius 2 is 2.21 bits per heavy atom. The fraction of sp³-hybridized carbons (Fsp3) is 0.444. The van der Waals surface area contributed by atoms with E-state index in [1.807, 2.05) is 0 Å². The molecule has 1 rings (SSSR count). The van der Waals surface area contributed by atoms with Gasteiger partial charge < -0.3 is 9.52 Å². The van der Waals surface area contributed by atoms with Gasteiger partial charge in [-0.05, 0) is 22.9 Å². The van der Waals surface area contributed by atoms with Gasteiger partial charge >= 0.3 is 5.97 Å². The molecule has 2 N–H and O–H groups in total. The molecule has 0 radical (unpaired) electrons. The summed E-state index contributed by atoms with van der Waals surface area (Å²) >= 11 is 2.85. The van der Waals surface area contributed by atoms with Crippen LogP contribution in [0, 0.1) is 0 Å². The molecule has 1 aromatic heterocycles. The summed E-state index contributed by atoms with van der Waals surface area (Å²) in [6.07, 6.45) is 1.47. The number of furan rings is 1. The van der Waals surface area contributed by atoms with Crippen molar-refractivity contribution in [3.05, 3.63) is 16.5 Å². The highest BCUT2D eigenvalue weighted by Crippen LogP contribution is 2.26. The summed E-state index contributed by atoms with van der Waals surface area (Å²) in [5.41, 5.74) is 0. The molecule has 19 heavy (non-hydrogen) atoms. The highest BCUT2D eigenvalue weighted by atomic mass is 79.9. The summed E-state index contributed by atoms with van der Waals surface area (Å²) in [4.78, 5) is 10.4. The molecule has 0 amide bonds. The van der Waals surface area contributed by atoms with Crippen LogP contribution >= 0.6 is 15.9 Å². The number of aromatic carboxylic acids is 1. The Hall–Kier alpha value is -0.710. The van der Waals surface area contributed by atoms with Gasteiger partial charge in [-0.1, -0.05) is 0 Å². The molecule has 0 saturated carbocycles. The molecule has 1 heterocycles. The first-order chi connectivity index (χ1) is 8.65. The van der Waals surface area contributed by atoms with Crippen LogP contribution in [0.2, 0.25) is 0 Å². The molecule has 2 atom stereocenters. The average molecular weight is 374 g/mol. The molecule has 7 nitrogen and oxygen atoms in total. The van der Waals surface area contributed by atoms with Gasteiger partial charge in [0.25, 0.3) is 0 Å². The van der Waals surface area contributed by atoms with Crippen molar-refractivity contribution >= 4 is 42.7 Å². The molecule has 0 aliphatic carbocycles. The third-order valence-corrected chi connectivity index (χ3v) is 5.86. The van der Waals surface area contributed by atoms with Crippen LogP contribution in [0.3, 0.4) is 0 Å². The van der Waals surface area contributed by atoms with Crippen LogP contribution in [0.1, 0.15) is 17.5 Å². The minimum atomic E-state index is -3.92. The van der Waals surface area contributed by atoms with E-state index < -0.39 is 32.6 Å². The smallest absolute Gasteiger partial charge is 0.371 e. The lowest BCUT2D eigenvalue weighted by molar-refractivity contribution is 0.0661. The minimum Gasteiger partial charge on any atom is -0.475 e. The third kappa shape index (κ3) is 4.13. The van der Waals surface area contributed by atoms with Crippen molar-refractivity contribution in [1.29, 1.82) is 0 Å². The number of nitrogens with one attached hydrogen (secondary N) is 1. The van der Waals surface area contributed by atoms with Crippen molar-refractivity contribution < 1.29 is 26.9 Å². The zero-order valence-electron chi connectivity index (χ0n) is 10.0. The van der Waals surface area contributed by atoms with E-state index in [0.29, 0.717) is 0 Å². The lowest BCUT2D eigenvalue weighted by Gasteiger charge is -2.09. The Morgan fingerprint density at radius 1 is 1.63 bits per heavy atom.